The summed E-state index contributed by atoms with van der Waals surface area (Å²) >= 11 is 6.03. The van der Waals surface area contributed by atoms with Crippen LogP contribution in [-0.2, 0) is 4.79 Å². The molecule has 0 aliphatic rings. The van der Waals surface area contributed by atoms with E-state index in [4.69, 9.17) is 27.2 Å². The molecule has 16 heavy (non-hydrogen) atoms. The molecule has 1 aromatic carbocycles. The van der Waals surface area contributed by atoms with Gasteiger partial charge in [0.25, 0.3) is 0 Å². The predicted octanol–water partition coefficient (Wildman–Crippen LogP) is 1.78. The van der Waals surface area contributed by atoms with Crippen LogP contribution >= 0.6 is 11.6 Å². The Morgan fingerprint density at radius 3 is 2.69 bits per heavy atom. The van der Waals surface area contributed by atoms with Crippen molar-refractivity contribution in [1.82, 2.24) is 0 Å². The topological polar surface area (TPSA) is 72.5 Å². The number of aliphatic carboxylic acids is 1. The smallest absolute Gasteiger partial charge is 0.312 e. The van der Waals surface area contributed by atoms with Gasteiger partial charge in [0.05, 0.1) is 13.0 Å². The number of hydrogen-bond acceptors (Lipinski definition) is 3. The summed E-state index contributed by atoms with van der Waals surface area (Å²) in [5.74, 6) is -1.39. The summed E-state index contributed by atoms with van der Waals surface area (Å²) in [7, 11) is 1.48. The van der Waals surface area contributed by atoms with Crippen LogP contribution in [-0.4, -0.2) is 24.7 Å². The molecule has 0 saturated heterocycles. The number of carboxylic acid groups (broad SMARTS) is 1. The molecule has 1 unspecified atom stereocenters. The second-order valence-electron chi connectivity index (χ2n) is 3.49. The second-order valence-corrected chi connectivity index (χ2v) is 3.90. The minimum atomic E-state index is -1.01. The molecule has 1 atom stereocenters. The third-order valence-electron chi connectivity index (χ3n) is 2.34. The predicted molar refractivity (Wildman–Crippen MR) is 62.2 cm³/mol. The molecule has 88 valence electrons. The fraction of sp³-hybridized carbons (Fsp3) is 0.364. The number of hydrogen-bond donors (Lipinski definition) is 2. The van der Waals surface area contributed by atoms with E-state index in [0.717, 1.165) is 5.56 Å². The number of carboxylic acids is 1. The quantitative estimate of drug-likeness (QED) is 0.846. The Morgan fingerprint density at radius 2 is 2.25 bits per heavy atom. The van der Waals surface area contributed by atoms with Gasteiger partial charge in [-0.3, -0.25) is 4.79 Å². The molecule has 5 heteroatoms. The maximum absolute atomic E-state index is 11.0. The van der Waals surface area contributed by atoms with E-state index in [0.29, 0.717) is 16.3 Å². The molecule has 1 aromatic rings. The van der Waals surface area contributed by atoms with Gasteiger partial charge in [-0.25, -0.2) is 0 Å². The van der Waals surface area contributed by atoms with E-state index in [1.165, 1.54) is 7.11 Å². The lowest BCUT2D eigenvalue weighted by Crippen LogP contribution is -2.22. The third kappa shape index (κ3) is 2.46. The SMILES string of the molecule is COc1cc(C)cc(Cl)c1C(CN)C(=O)O. The maximum Gasteiger partial charge on any atom is 0.312 e. The summed E-state index contributed by atoms with van der Waals surface area (Å²) in [4.78, 5) is 11.0. The van der Waals surface area contributed by atoms with Crippen molar-refractivity contribution in [3.8, 4) is 5.75 Å². The fourth-order valence-electron chi connectivity index (χ4n) is 1.57. The number of carbonyl (C=O) groups is 1. The van der Waals surface area contributed by atoms with Crippen LogP contribution in [0.2, 0.25) is 5.02 Å². The summed E-state index contributed by atoms with van der Waals surface area (Å²) in [5, 5.41) is 9.42. The lowest BCUT2D eigenvalue weighted by molar-refractivity contribution is -0.138. The largest absolute Gasteiger partial charge is 0.496 e. The van der Waals surface area contributed by atoms with Crippen LogP contribution in [0.5, 0.6) is 5.75 Å². The number of nitrogens with two attached hydrogens (primary N) is 1. The highest BCUT2D eigenvalue weighted by molar-refractivity contribution is 6.32. The van der Waals surface area contributed by atoms with E-state index >= 15 is 0 Å². The lowest BCUT2D eigenvalue weighted by atomic mass is 9.97. The van der Waals surface area contributed by atoms with Crippen molar-refractivity contribution < 1.29 is 14.6 Å². The second kappa shape index (κ2) is 5.18. The van der Waals surface area contributed by atoms with E-state index in [9.17, 15) is 4.79 Å². The molecule has 0 bridgehead atoms. The monoisotopic (exact) mass is 243 g/mol. The van der Waals surface area contributed by atoms with Gasteiger partial charge in [0, 0.05) is 17.1 Å². The van der Waals surface area contributed by atoms with Gasteiger partial charge >= 0.3 is 5.97 Å². The number of rotatable bonds is 4. The standard InChI is InChI=1S/C11H14ClNO3/c1-6-3-8(12)10(9(4-6)16-2)7(5-13)11(14)15/h3-4,7H,5,13H2,1-2H3,(H,14,15). The van der Waals surface area contributed by atoms with Gasteiger partial charge in [0.15, 0.2) is 0 Å². The number of aryl methyl sites for hydroxylation is 1. The summed E-state index contributed by atoms with van der Waals surface area (Å²) in [5.41, 5.74) is 6.79. The molecule has 0 amide bonds. The van der Waals surface area contributed by atoms with Crippen molar-refractivity contribution in [1.29, 1.82) is 0 Å². The summed E-state index contributed by atoms with van der Waals surface area (Å²) < 4.78 is 5.14. The Bertz CT molecular complexity index is 406. The molecular formula is C11H14ClNO3. The highest BCUT2D eigenvalue weighted by Gasteiger charge is 2.24. The van der Waals surface area contributed by atoms with Gasteiger partial charge < -0.3 is 15.6 Å². The molecule has 0 aromatic heterocycles. The van der Waals surface area contributed by atoms with Gasteiger partial charge in [-0.2, -0.15) is 0 Å². The van der Waals surface area contributed by atoms with Crippen molar-refractivity contribution >= 4 is 17.6 Å². The van der Waals surface area contributed by atoms with Crippen LogP contribution in [0.3, 0.4) is 0 Å². The van der Waals surface area contributed by atoms with Crippen LogP contribution in [0.4, 0.5) is 0 Å². The van der Waals surface area contributed by atoms with E-state index in [-0.39, 0.29) is 6.54 Å². The fourth-order valence-corrected chi connectivity index (χ4v) is 1.97. The highest BCUT2D eigenvalue weighted by Crippen LogP contribution is 2.34. The van der Waals surface area contributed by atoms with Crippen LogP contribution < -0.4 is 10.5 Å². The Morgan fingerprint density at radius 1 is 1.62 bits per heavy atom. The lowest BCUT2D eigenvalue weighted by Gasteiger charge is -2.16. The van der Waals surface area contributed by atoms with Gasteiger partial charge in [0.2, 0.25) is 0 Å². The van der Waals surface area contributed by atoms with Crippen molar-refractivity contribution in [2.45, 2.75) is 12.8 Å². The molecule has 0 aliphatic carbocycles. The minimum absolute atomic E-state index is 0.0194. The van der Waals surface area contributed by atoms with Crippen molar-refractivity contribution in [2.75, 3.05) is 13.7 Å². The van der Waals surface area contributed by atoms with Gasteiger partial charge in [-0.05, 0) is 24.6 Å². The molecule has 0 spiro atoms. The Balaban J connectivity index is 3.35. The van der Waals surface area contributed by atoms with Crippen LogP contribution in [0.15, 0.2) is 12.1 Å². The summed E-state index contributed by atoms with van der Waals surface area (Å²) in [6.07, 6.45) is 0. The molecule has 4 nitrogen and oxygen atoms in total. The normalized spacial score (nSPS) is 12.2. The molecule has 0 aliphatic heterocycles. The van der Waals surface area contributed by atoms with Crippen LogP contribution in [0, 0.1) is 6.92 Å². The summed E-state index contributed by atoms with van der Waals surface area (Å²) in [6, 6.07) is 3.44. The van der Waals surface area contributed by atoms with Crippen molar-refractivity contribution in [3.63, 3.8) is 0 Å². The Labute approximate surface area is 99.0 Å². The van der Waals surface area contributed by atoms with Gasteiger partial charge in [-0.15, -0.1) is 0 Å². The first-order valence-electron chi connectivity index (χ1n) is 4.78. The zero-order valence-electron chi connectivity index (χ0n) is 9.16. The first-order chi connectivity index (χ1) is 7.51. The van der Waals surface area contributed by atoms with Gasteiger partial charge in [0.1, 0.15) is 5.75 Å². The Kier molecular flexibility index (Phi) is 4.15. The van der Waals surface area contributed by atoms with Crippen LogP contribution in [0.25, 0.3) is 0 Å². The number of methoxy groups -OCH3 is 1. The number of benzene rings is 1. The highest BCUT2D eigenvalue weighted by atomic mass is 35.5. The zero-order valence-corrected chi connectivity index (χ0v) is 9.91. The average Bonchev–Trinajstić information content (AvgIpc) is 2.21. The molecule has 0 saturated carbocycles. The summed E-state index contributed by atoms with van der Waals surface area (Å²) in [6.45, 7) is 1.84. The number of ether oxygens (including phenoxy) is 1. The average molecular weight is 244 g/mol. The number of halogens is 1. The molecule has 0 radical (unpaired) electrons. The first-order valence-corrected chi connectivity index (χ1v) is 5.16. The van der Waals surface area contributed by atoms with Crippen molar-refractivity contribution in [3.05, 3.63) is 28.3 Å². The third-order valence-corrected chi connectivity index (χ3v) is 2.65. The Hall–Kier alpha value is -1.26. The first kappa shape index (κ1) is 12.8. The minimum Gasteiger partial charge on any atom is -0.496 e. The molecule has 0 fully saturated rings. The zero-order chi connectivity index (χ0) is 12.3. The van der Waals surface area contributed by atoms with Crippen LogP contribution in [0.1, 0.15) is 17.0 Å². The van der Waals surface area contributed by atoms with E-state index < -0.39 is 11.9 Å². The van der Waals surface area contributed by atoms with E-state index in [2.05, 4.69) is 0 Å². The molecule has 3 N–H and O–H groups in total. The van der Waals surface area contributed by atoms with Gasteiger partial charge in [-0.1, -0.05) is 11.6 Å². The van der Waals surface area contributed by atoms with Crippen molar-refractivity contribution in [2.24, 2.45) is 5.73 Å². The maximum atomic E-state index is 11.0. The van der Waals surface area contributed by atoms with E-state index in [1.807, 2.05) is 6.92 Å². The molecule has 1 rings (SSSR count). The molecule has 0 heterocycles. The molecular weight excluding hydrogens is 230 g/mol. The van der Waals surface area contributed by atoms with E-state index in [1.54, 1.807) is 12.1 Å².